The van der Waals surface area contributed by atoms with Crippen LogP contribution in [-0.4, -0.2) is 46.3 Å². The second-order valence-corrected chi connectivity index (χ2v) is 10.9. The zero-order valence-electron chi connectivity index (χ0n) is 24.4. The van der Waals surface area contributed by atoms with E-state index in [0.717, 1.165) is 0 Å². The van der Waals surface area contributed by atoms with Crippen LogP contribution < -0.4 is 20.7 Å². The zero-order valence-corrected chi connectivity index (χ0v) is 25.3. The summed E-state index contributed by atoms with van der Waals surface area (Å²) in [6.45, 7) is 1.84. The third kappa shape index (κ3) is 8.74. The van der Waals surface area contributed by atoms with Gasteiger partial charge in [0.15, 0.2) is 0 Å². The Labute approximate surface area is 264 Å². The van der Waals surface area contributed by atoms with E-state index in [1.165, 1.54) is 43.1 Å². The number of phenols is 1. The molecule has 0 aliphatic heterocycles. The number of carboxylic acids is 1. The van der Waals surface area contributed by atoms with Crippen molar-refractivity contribution in [2.24, 2.45) is 0 Å². The van der Waals surface area contributed by atoms with Crippen molar-refractivity contribution in [2.75, 3.05) is 17.7 Å². The summed E-state index contributed by atoms with van der Waals surface area (Å²) in [7, 11) is 1.51. The quantitative estimate of drug-likeness (QED) is 0.0728. The summed E-state index contributed by atoms with van der Waals surface area (Å²) in [5.41, 5.74) is 1.31. The molecule has 45 heavy (non-hydrogen) atoms. The molecule has 0 aliphatic carbocycles. The van der Waals surface area contributed by atoms with Crippen molar-refractivity contribution >= 4 is 52.9 Å². The van der Waals surface area contributed by atoms with E-state index in [2.05, 4.69) is 16.0 Å². The lowest BCUT2D eigenvalue weighted by molar-refractivity contribution is -0.116. The molecule has 0 spiro atoms. The molecule has 0 radical (unpaired) electrons. The normalized spacial score (nSPS) is 11.6. The van der Waals surface area contributed by atoms with Crippen molar-refractivity contribution in [3.05, 3.63) is 119 Å². The number of thioether (sulfide) groups is 1. The number of rotatable bonds is 12. The maximum atomic E-state index is 13.5. The largest absolute Gasteiger partial charge is 0.507 e. The number of methoxy groups -OCH3 is 1. The molecule has 1 unspecified atom stereocenters. The van der Waals surface area contributed by atoms with Crippen LogP contribution in [0.15, 0.2) is 108 Å². The summed E-state index contributed by atoms with van der Waals surface area (Å²) in [4.78, 5) is 51.6. The highest BCUT2D eigenvalue weighted by atomic mass is 32.2. The number of hydrogen-bond donors (Lipinski definition) is 5. The van der Waals surface area contributed by atoms with Crippen LogP contribution in [0.4, 0.5) is 11.4 Å². The van der Waals surface area contributed by atoms with Crippen molar-refractivity contribution in [3.63, 3.8) is 0 Å². The number of aromatic carboxylic acids is 1. The molecule has 0 heterocycles. The number of aromatic hydroxyl groups is 1. The van der Waals surface area contributed by atoms with Gasteiger partial charge in [0.25, 0.3) is 11.8 Å². The number of carbonyl (C=O) groups is 4. The van der Waals surface area contributed by atoms with Crippen molar-refractivity contribution in [1.82, 2.24) is 5.32 Å². The molecule has 4 aromatic carbocycles. The van der Waals surface area contributed by atoms with Gasteiger partial charge in [0.05, 0.1) is 12.4 Å². The van der Waals surface area contributed by atoms with Gasteiger partial charge in [-0.2, -0.15) is 0 Å². The van der Waals surface area contributed by atoms with Gasteiger partial charge >= 0.3 is 5.97 Å². The van der Waals surface area contributed by atoms with E-state index in [1.807, 2.05) is 6.92 Å². The third-order valence-electron chi connectivity index (χ3n) is 6.50. The van der Waals surface area contributed by atoms with Crippen molar-refractivity contribution < 1.29 is 34.1 Å². The molecule has 0 aliphatic rings. The van der Waals surface area contributed by atoms with Gasteiger partial charge in [-0.25, -0.2) is 4.79 Å². The molecule has 5 N–H and O–H groups in total. The number of ether oxygens (including phenoxy) is 1. The number of anilines is 2. The minimum Gasteiger partial charge on any atom is -0.507 e. The van der Waals surface area contributed by atoms with Crippen molar-refractivity contribution in [3.8, 4) is 11.5 Å². The summed E-state index contributed by atoms with van der Waals surface area (Å²) in [5.74, 6) is -2.59. The Bertz CT molecular complexity index is 1740. The Hall–Kier alpha value is -5.55. The monoisotopic (exact) mass is 625 g/mol. The summed E-state index contributed by atoms with van der Waals surface area (Å²) < 4.78 is 5.41. The second-order valence-electron chi connectivity index (χ2n) is 9.64. The topological polar surface area (TPSA) is 154 Å². The molecule has 4 rings (SSSR count). The summed E-state index contributed by atoms with van der Waals surface area (Å²) in [6, 6.07) is 26.3. The van der Waals surface area contributed by atoms with Gasteiger partial charge in [0, 0.05) is 27.4 Å². The first kappa shape index (κ1) is 32.4. The molecular formula is C34H31N3O7S. The molecular weight excluding hydrogens is 594 g/mol. The van der Waals surface area contributed by atoms with Gasteiger partial charge in [-0.1, -0.05) is 49.4 Å². The summed E-state index contributed by atoms with van der Waals surface area (Å²) in [6.07, 6.45) is 1.98. The second kappa shape index (κ2) is 15.3. The van der Waals surface area contributed by atoms with Crippen LogP contribution in [0.1, 0.15) is 39.6 Å². The molecule has 3 amide bonds. The predicted molar refractivity (Wildman–Crippen MR) is 174 cm³/mol. The fourth-order valence-electron chi connectivity index (χ4n) is 4.22. The summed E-state index contributed by atoms with van der Waals surface area (Å²) >= 11 is 1.26. The molecule has 0 saturated heterocycles. The van der Waals surface area contributed by atoms with Crippen molar-refractivity contribution in [1.29, 1.82) is 0 Å². The van der Waals surface area contributed by atoms with E-state index in [9.17, 15) is 29.4 Å². The number of nitrogens with one attached hydrogen (secondary N) is 3. The van der Waals surface area contributed by atoms with Gasteiger partial charge in [-0.3, -0.25) is 14.4 Å². The van der Waals surface area contributed by atoms with Gasteiger partial charge in [-0.05, 0) is 67.1 Å². The van der Waals surface area contributed by atoms with Crippen LogP contribution in [-0.2, 0) is 9.59 Å². The van der Waals surface area contributed by atoms with E-state index >= 15 is 0 Å². The molecule has 0 saturated carbocycles. The Morgan fingerprint density at radius 2 is 1.58 bits per heavy atom. The number of benzene rings is 4. The molecule has 1 atom stereocenters. The fourth-order valence-corrected chi connectivity index (χ4v) is 5.24. The number of carbonyl (C=O) groups excluding carboxylic acids is 3. The first-order chi connectivity index (χ1) is 21.7. The van der Waals surface area contributed by atoms with Crippen LogP contribution in [0.3, 0.4) is 0 Å². The Morgan fingerprint density at radius 3 is 2.29 bits per heavy atom. The molecule has 11 heteroatoms. The van der Waals surface area contributed by atoms with E-state index in [1.54, 1.807) is 78.9 Å². The smallest absolute Gasteiger partial charge is 0.339 e. The van der Waals surface area contributed by atoms with E-state index < -0.39 is 28.8 Å². The van der Waals surface area contributed by atoms with Gasteiger partial charge < -0.3 is 30.9 Å². The number of para-hydroxylation sites is 1. The zero-order chi connectivity index (χ0) is 32.3. The Kier molecular flexibility index (Phi) is 11.0. The lowest BCUT2D eigenvalue weighted by Gasteiger charge is -2.16. The van der Waals surface area contributed by atoms with Crippen LogP contribution in [0.25, 0.3) is 6.08 Å². The minimum atomic E-state index is -1.32. The van der Waals surface area contributed by atoms with Crippen molar-refractivity contribution in [2.45, 2.75) is 23.5 Å². The van der Waals surface area contributed by atoms with E-state index in [-0.39, 0.29) is 22.9 Å². The highest BCUT2D eigenvalue weighted by Crippen LogP contribution is 2.30. The van der Waals surface area contributed by atoms with Crippen LogP contribution in [0.5, 0.6) is 11.5 Å². The maximum absolute atomic E-state index is 13.5. The molecule has 0 fully saturated rings. The number of hydrogen-bond acceptors (Lipinski definition) is 7. The van der Waals surface area contributed by atoms with E-state index in [4.69, 9.17) is 4.74 Å². The van der Waals surface area contributed by atoms with Crippen LogP contribution in [0, 0.1) is 0 Å². The van der Waals surface area contributed by atoms with Gasteiger partial charge in [-0.15, -0.1) is 11.8 Å². The maximum Gasteiger partial charge on any atom is 0.339 e. The minimum absolute atomic E-state index is 0.00755. The SMILES string of the molecule is CCC(Sc1cccc(NC(=O)/C(=C\c2ccccc2OC)NC(=O)c2ccccc2)c1)C(=O)Nc1ccc(O)c(C(=O)O)c1. The fraction of sp³-hybridized carbons (Fsp3) is 0.118. The molecule has 230 valence electrons. The van der Waals surface area contributed by atoms with E-state index in [0.29, 0.717) is 33.9 Å². The third-order valence-corrected chi connectivity index (χ3v) is 7.85. The van der Waals surface area contributed by atoms with Crippen LogP contribution in [0.2, 0.25) is 0 Å². The van der Waals surface area contributed by atoms with Crippen LogP contribution >= 0.6 is 11.8 Å². The number of carboxylic acid groups (broad SMARTS) is 1. The average molecular weight is 626 g/mol. The van der Waals surface area contributed by atoms with Gasteiger partial charge in [0.2, 0.25) is 5.91 Å². The molecule has 0 aromatic heterocycles. The molecule has 10 nitrogen and oxygen atoms in total. The van der Waals surface area contributed by atoms with Gasteiger partial charge in [0.1, 0.15) is 22.8 Å². The standard InChI is InChI=1S/C34H31N3O7S/c1-3-30(33(41)36-24-16-17-28(38)26(20-24)34(42)43)45-25-14-9-13-23(19-25)35-32(40)27(18-22-12-7-8-15-29(22)44-2)37-31(39)21-10-5-4-6-11-21/h4-20,30,38H,3H2,1-2H3,(H,35,40)(H,36,41)(H,37,39)(H,42,43)/b27-18+. The highest BCUT2D eigenvalue weighted by molar-refractivity contribution is 8.00. The summed E-state index contributed by atoms with van der Waals surface area (Å²) in [5, 5.41) is 26.7. The lowest BCUT2D eigenvalue weighted by atomic mass is 10.1. The first-order valence-electron chi connectivity index (χ1n) is 13.8. The highest BCUT2D eigenvalue weighted by Gasteiger charge is 2.21. The predicted octanol–water partition coefficient (Wildman–Crippen LogP) is 6.02. The first-order valence-corrected chi connectivity index (χ1v) is 14.7. The lowest BCUT2D eigenvalue weighted by Crippen LogP contribution is -2.30. The Morgan fingerprint density at radius 1 is 0.867 bits per heavy atom. The molecule has 4 aromatic rings. The number of amides is 3. The molecule has 0 bridgehead atoms. The Balaban J connectivity index is 1.52. The average Bonchev–Trinajstić information content (AvgIpc) is 3.04.